The van der Waals surface area contributed by atoms with E-state index in [2.05, 4.69) is 19.9 Å². The van der Waals surface area contributed by atoms with Crippen LogP contribution in [0, 0.1) is 5.92 Å². The van der Waals surface area contributed by atoms with Gasteiger partial charge in [-0.2, -0.15) is 0 Å². The largest absolute Gasteiger partial charge is 0.481 e. The molecule has 2 N–H and O–H groups in total. The number of aromatic nitrogens is 4. The number of nitrogens with zero attached hydrogens (tertiary/aromatic N) is 4. The molecular weight excluding hydrogens is 250 g/mol. The zero-order valence-corrected chi connectivity index (χ0v) is 10.3. The summed E-state index contributed by atoms with van der Waals surface area (Å²) in [5.74, 6) is -0.786. The third kappa shape index (κ3) is 1.89. The summed E-state index contributed by atoms with van der Waals surface area (Å²) < 4.78 is 5.28. The average Bonchev–Trinajstić information content (AvgIpc) is 3.05. The van der Waals surface area contributed by atoms with Crippen molar-refractivity contribution in [1.29, 1.82) is 0 Å². The number of aliphatic carboxylic acids is 1. The molecule has 1 aliphatic heterocycles. The fraction of sp³-hybridized carbons (Fsp3) is 0.455. The number of hydrogen-bond donors (Lipinski definition) is 2. The van der Waals surface area contributed by atoms with Gasteiger partial charge in [-0.25, -0.2) is 15.0 Å². The summed E-state index contributed by atoms with van der Waals surface area (Å²) in [5.41, 5.74) is 1.25. The molecule has 0 spiro atoms. The molecule has 2 unspecified atom stereocenters. The monoisotopic (exact) mass is 263 g/mol. The molecule has 19 heavy (non-hydrogen) atoms. The quantitative estimate of drug-likeness (QED) is 0.796. The molecule has 8 heteroatoms. The van der Waals surface area contributed by atoms with Gasteiger partial charge in [0.25, 0.3) is 0 Å². The topological polar surface area (TPSA) is 104 Å². The van der Waals surface area contributed by atoms with Gasteiger partial charge in [0.15, 0.2) is 11.5 Å². The lowest BCUT2D eigenvalue weighted by Gasteiger charge is -2.27. The Morgan fingerprint density at radius 2 is 2.32 bits per heavy atom. The van der Waals surface area contributed by atoms with Crippen molar-refractivity contribution in [1.82, 2.24) is 19.9 Å². The van der Waals surface area contributed by atoms with Gasteiger partial charge in [-0.05, 0) is 0 Å². The Labute approximate surface area is 108 Å². The highest BCUT2D eigenvalue weighted by atomic mass is 16.5. The molecule has 1 fully saturated rings. The number of H-pyrrole nitrogens is 1. The molecule has 0 aliphatic carbocycles. The van der Waals surface area contributed by atoms with Crippen LogP contribution in [0.3, 0.4) is 0 Å². The Morgan fingerprint density at radius 1 is 1.47 bits per heavy atom. The summed E-state index contributed by atoms with van der Waals surface area (Å²) in [6.07, 6.45) is 2.96. The van der Waals surface area contributed by atoms with Crippen molar-refractivity contribution >= 4 is 23.0 Å². The highest BCUT2D eigenvalue weighted by Gasteiger charge is 2.37. The van der Waals surface area contributed by atoms with E-state index in [1.807, 2.05) is 4.90 Å². The second-order valence-corrected chi connectivity index (χ2v) is 4.46. The van der Waals surface area contributed by atoms with E-state index < -0.39 is 11.9 Å². The van der Waals surface area contributed by atoms with Crippen molar-refractivity contribution in [2.75, 3.05) is 25.2 Å². The Morgan fingerprint density at radius 3 is 3.11 bits per heavy atom. The van der Waals surface area contributed by atoms with Crippen LogP contribution in [-0.4, -0.2) is 57.3 Å². The van der Waals surface area contributed by atoms with E-state index in [1.165, 1.54) is 12.7 Å². The second-order valence-electron chi connectivity index (χ2n) is 4.46. The van der Waals surface area contributed by atoms with Gasteiger partial charge in [0, 0.05) is 7.05 Å². The molecule has 0 amide bonds. The van der Waals surface area contributed by atoms with Crippen LogP contribution in [-0.2, 0) is 9.53 Å². The van der Waals surface area contributed by atoms with Gasteiger partial charge >= 0.3 is 5.97 Å². The van der Waals surface area contributed by atoms with E-state index in [4.69, 9.17) is 4.74 Å². The van der Waals surface area contributed by atoms with Crippen LogP contribution in [0.25, 0.3) is 11.2 Å². The molecule has 0 radical (unpaired) electrons. The van der Waals surface area contributed by atoms with E-state index in [-0.39, 0.29) is 12.6 Å². The molecule has 1 aliphatic rings. The third-order valence-corrected chi connectivity index (χ3v) is 3.40. The van der Waals surface area contributed by atoms with E-state index in [0.717, 1.165) is 0 Å². The number of rotatable bonds is 3. The van der Waals surface area contributed by atoms with Crippen molar-refractivity contribution in [3.05, 3.63) is 12.7 Å². The number of aromatic amines is 1. The van der Waals surface area contributed by atoms with Crippen LogP contribution >= 0.6 is 0 Å². The van der Waals surface area contributed by atoms with Gasteiger partial charge in [-0.1, -0.05) is 0 Å². The van der Waals surface area contributed by atoms with E-state index in [9.17, 15) is 9.90 Å². The van der Waals surface area contributed by atoms with Crippen molar-refractivity contribution in [3.63, 3.8) is 0 Å². The Kier molecular flexibility index (Phi) is 2.79. The average molecular weight is 263 g/mol. The molecule has 3 rings (SSSR count). The molecule has 2 aromatic heterocycles. The number of nitrogens with one attached hydrogen (secondary N) is 1. The number of carboxylic acid groups (broad SMARTS) is 1. The smallest absolute Gasteiger partial charge is 0.311 e. The van der Waals surface area contributed by atoms with Crippen molar-refractivity contribution in [2.45, 2.75) is 6.04 Å². The van der Waals surface area contributed by atoms with E-state index in [0.29, 0.717) is 23.6 Å². The molecule has 0 saturated carbocycles. The number of carboxylic acids is 1. The van der Waals surface area contributed by atoms with Crippen LogP contribution in [0.1, 0.15) is 0 Å². The van der Waals surface area contributed by atoms with Gasteiger partial charge in [0.05, 0.1) is 25.6 Å². The molecule has 3 heterocycles. The fourth-order valence-electron chi connectivity index (χ4n) is 2.34. The Balaban J connectivity index is 1.97. The third-order valence-electron chi connectivity index (χ3n) is 3.40. The summed E-state index contributed by atoms with van der Waals surface area (Å²) in [4.78, 5) is 28.3. The Hall–Kier alpha value is -2.22. The maximum atomic E-state index is 11.2. The lowest BCUT2D eigenvalue weighted by atomic mass is 10.0. The lowest BCUT2D eigenvalue weighted by Crippen LogP contribution is -2.41. The highest BCUT2D eigenvalue weighted by Crippen LogP contribution is 2.26. The van der Waals surface area contributed by atoms with Crippen molar-refractivity contribution < 1.29 is 14.6 Å². The molecule has 1 saturated heterocycles. The zero-order valence-electron chi connectivity index (χ0n) is 10.3. The zero-order chi connectivity index (χ0) is 13.4. The van der Waals surface area contributed by atoms with E-state index in [1.54, 1.807) is 7.05 Å². The highest BCUT2D eigenvalue weighted by molar-refractivity contribution is 5.83. The lowest BCUT2D eigenvalue weighted by molar-refractivity contribution is -0.141. The molecule has 0 aromatic carbocycles. The van der Waals surface area contributed by atoms with Crippen molar-refractivity contribution in [2.24, 2.45) is 5.92 Å². The SMILES string of the molecule is CN(c1ncnc2nc[nH]c12)C1COCC1C(=O)O. The number of fused-ring (bicyclic) bond motifs is 1. The van der Waals surface area contributed by atoms with Crippen LogP contribution in [0.15, 0.2) is 12.7 Å². The summed E-state index contributed by atoms with van der Waals surface area (Å²) >= 11 is 0. The Bertz CT molecular complexity index is 613. The molecular formula is C11H13N5O3. The molecule has 8 nitrogen and oxygen atoms in total. The van der Waals surface area contributed by atoms with Crippen molar-refractivity contribution in [3.8, 4) is 0 Å². The second kappa shape index (κ2) is 4.47. The molecule has 0 bridgehead atoms. The number of hydrogen-bond acceptors (Lipinski definition) is 6. The number of anilines is 1. The van der Waals surface area contributed by atoms with Crippen LogP contribution in [0.4, 0.5) is 5.82 Å². The number of carbonyl (C=O) groups is 1. The number of likely N-dealkylation sites (N-methyl/N-ethyl adjacent to an activating group) is 1. The van der Waals surface area contributed by atoms with Gasteiger partial charge in [-0.15, -0.1) is 0 Å². The van der Waals surface area contributed by atoms with Gasteiger partial charge < -0.3 is 19.7 Å². The minimum atomic E-state index is -0.857. The summed E-state index contributed by atoms with van der Waals surface area (Å²) in [6, 6.07) is -0.251. The van der Waals surface area contributed by atoms with Gasteiger partial charge in [0.1, 0.15) is 17.8 Å². The fourth-order valence-corrected chi connectivity index (χ4v) is 2.34. The van der Waals surface area contributed by atoms with Crippen LogP contribution in [0.2, 0.25) is 0 Å². The first kappa shape index (κ1) is 11.8. The van der Waals surface area contributed by atoms with Gasteiger partial charge in [0.2, 0.25) is 0 Å². The molecule has 100 valence electrons. The summed E-state index contributed by atoms with van der Waals surface area (Å²) in [6.45, 7) is 0.592. The predicted molar refractivity (Wildman–Crippen MR) is 65.8 cm³/mol. The summed E-state index contributed by atoms with van der Waals surface area (Å²) in [5, 5.41) is 9.19. The van der Waals surface area contributed by atoms with E-state index >= 15 is 0 Å². The first-order chi connectivity index (χ1) is 9.18. The van der Waals surface area contributed by atoms with Gasteiger partial charge in [-0.3, -0.25) is 4.79 Å². The minimum Gasteiger partial charge on any atom is -0.481 e. The number of ether oxygens (including phenoxy) is 1. The minimum absolute atomic E-state index is 0.224. The normalized spacial score (nSPS) is 22.8. The maximum Gasteiger partial charge on any atom is 0.311 e. The molecule has 2 aromatic rings. The van der Waals surface area contributed by atoms with Crippen LogP contribution < -0.4 is 4.90 Å². The molecule has 2 atom stereocenters. The summed E-state index contributed by atoms with van der Waals surface area (Å²) in [7, 11) is 1.80. The first-order valence-corrected chi connectivity index (χ1v) is 5.86. The maximum absolute atomic E-state index is 11.2. The first-order valence-electron chi connectivity index (χ1n) is 5.86. The van der Waals surface area contributed by atoms with Crippen LogP contribution in [0.5, 0.6) is 0 Å². The predicted octanol–water partition coefficient (Wildman–Crippen LogP) is -0.111. The standard InChI is InChI=1S/C11H13N5O3/c1-16(7-3-19-2-6(7)11(17)18)10-8-9(13-4-12-8)14-5-15-10/h4-7H,2-3H2,1H3,(H,17,18)(H,12,13,14,15). The number of imidazole rings is 1.